The number of halogens is 1. The number of hydrogen-bond acceptors (Lipinski definition) is 3. The maximum absolute atomic E-state index is 13.1. The van der Waals surface area contributed by atoms with E-state index in [1.165, 1.54) is 12.1 Å². The number of phenolic OH excluding ortho intramolecular Hbond substituents is 1. The molecule has 0 heterocycles. The summed E-state index contributed by atoms with van der Waals surface area (Å²) in [7, 11) is 1.78. The Morgan fingerprint density at radius 2 is 2.17 bits per heavy atom. The Hall–Kier alpha value is -1.62. The molecule has 5 heteroatoms. The smallest absolute Gasteiger partial charge is 0.234 e. The molecule has 100 valence electrons. The Balaban J connectivity index is 2.51. The van der Waals surface area contributed by atoms with E-state index < -0.39 is 5.82 Å². The summed E-state index contributed by atoms with van der Waals surface area (Å²) in [6.45, 7) is 4.49. The summed E-state index contributed by atoms with van der Waals surface area (Å²) in [6.07, 6.45) is 0. The summed E-state index contributed by atoms with van der Waals surface area (Å²) >= 11 is 0. The number of hydrogen-bond donors (Lipinski definition) is 2. The maximum atomic E-state index is 13.1. The Bertz CT molecular complexity index is 421. The van der Waals surface area contributed by atoms with Crippen molar-refractivity contribution in [2.24, 2.45) is 0 Å². The van der Waals surface area contributed by atoms with Crippen LogP contribution in [0.3, 0.4) is 0 Å². The van der Waals surface area contributed by atoms with Gasteiger partial charge in [0.05, 0.1) is 6.54 Å². The van der Waals surface area contributed by atoms with E-state index in [1.54, 1.807) is 18.0 Å². The van der Waals surface area contributed by atoms with Crippen LogP contribution in [0.2, 0.25) is 0 Å². The molecule has 0 bridgehead atoms. The minimum absolute atomic E-state index is 0.0632. The van der Waals surface area contributed by atoms with E-state index in [0.29, 0.717) is 12.1 Å². The van der Waals surface area contributed by atoms with Crippen LogP contribution in [0, 0.1) is 5.82 Å². The van der Waals surface area contributed by atoms with Gasteiger partial charge in [-0.3, -0.25) is 9.69 Å². The quantitative estimate of drug-likeness (QED) is 0.837. The fourth-order valence-electron chi connectivity index (χ4n) is 1.63. The first-order valence-corrected chi connectivity index (χ1v) is 5.83. The summed E-state index contributed by atoms with van der Waals surface area (Å²) in [6, 6.07) is 4.32. The van der Waals surface area contributed by atoms with Crippen molar-refractivity contribution < 1.29 is 14.3 Å². The number of benzene rings is 1. The molecule has 2 N–H and O–H groups in total. The lowest BCUT2D eigenvalue weighted by atomic mass is 10.2. The molecule has 0 aromatic heterocycles. The van der Waals surface area contributed by atoms with Crippen LogP contribution in [0.25, 0.3) is 0 Å². The topological polar surface area (TPSA) is 52.6 Å². The van der Waals surface area contributed by atoms with E-state index >= 15 is 0 Å². The van der Waals surface area contributed by atoms with E-state index in [2.05, 4.69) is 5.32 Å². The van der Waals surface area contributed by atoms with Crippen molar-refractivity contribution >= 4 is 5.91 Å². The second-order valence-corrected chi connectivity index (χ2v) is 4.68. The van der Waals surface area contributed by atoms with E-state index in [1.807, 2.05) is 13.8 Å². The van der Waals surface area contributed by atoms with Crippen LogP contribution < -0.4 is 5.32 Å². The molecule has 0 saturated carbocycles. The monoisotopic (exact) mass is 254 g/mol. The summed E-state index contributed by atoms with van der Waals surface area (Å²) in [5.74, 6) is -1.07. The van der Waals surface area contributed by atoms with Gasteiger partial charge in [-0.1, -0.05) is 6.07 Å². The summed E-state index contributed by atoms with van der Waals surface area (Å²) in [5.41, 5.74) is 0.713. The van der Waals surface area contributed by atoms with Crippen molar-refractivity contribution in [3.8, 4) is 5.75 Å². The van der Waals surface area contributed by atoms with Crippen LogP contribution in [-0.4, -0.2) is 35.5 Å². The first-order chi connectivity index (χ1) is 8.38. The average molecular weight is 254 g/mol. The number of likely N-dealkylation sites (N-methyl/N-ethyl adjacent to an activating group) is 1. The minimum atomic E-state index is -0.646. The Morgan fingerprint density at radius 1 is 1.50 bits per heavy atom. The zero-order valence-corrected chi connectivity index (χ0v) is 10.9. The molecule has 0 radical (unpaired) electrons. The maximum Gasteiger partial charge on any atom is 0.234 e. The van der Waals surface area contributed by atoms with Crippen LogP contribution in [0.1, 0.15) is 19.4 Å². The number of amides is 1. The van der Waals surface area contributed by atoms with Gasteiger partial charge in [0, 0.05) is 12.6 Å². The third kappa shape index (κ3) is 4.71. The minimum Gasteiger partial charge on any atom is -0.505 e. The molecule has 4 nitrogen and oxygen atoms in total. The van der Waals surface area contributed by atoms with Crippen molar-refractivity contribution in [3.63, 3.8) is 0 Å². The van der Waals surface area contributed by atoms with Crippen molar-refractivity contribution in [2.45, 2.75) is 26.4 Å². The number of aromatic hydroxyl groups is 1. The lowest BCUT2D eigenvalue weighted by Gasteiger charge is -2.17. The molecular formula is C13H19FN2O2. The summed E-state index contributed by atoms with van der Waals surface area (Å²) in [4.78, 5) is 13.3. The zero-order chi connectivity index (χ0) is 13.7. The van der Waals surface area contributed by atoms with Gasteiger partial charge in [-0.05, 0) is 38.6 Å². The van der Waals surface area contributed by atoms with Crippen LogP contribution in [0.5, 0.6) is 5.75 Å². The van der Waals surface area contributed by atoms with Crippen LogP contribution in [0.4, 0.5) is 4.39 Å². The van der Waals surface area contributed by atoms with Crippen molar-refractivity contribution in [3.05, 3.63) is 29.6 Å². The van der Waals surface area contributed by atoms with Gasteiger partial charge in [-0.25, -0.2) is 4.39 Å². The molecule has 0 aliphatic rings. The molecule has 0 fully saturated rings. The summed E-state index contributed by atoms with van der Waals surface area (Å²) in [5, 5.41) is 11.9. The molecule has 1 aromatic carbocycles. The van der Waals surface area contributed by atoms with Crippen LogP contribution in [0.15, 0.2) is 18.2 Å². The van der Waals surface area contributed by atoms with Gasteiger partial charge in [0.2, 0.25) is 5.91 Å². The first kappa shape index (κ1) is 14.4. The Morgan fingerprint density at radius 3 is 2.72 bits per heavy atom. The predicted octanol–water partition coefficient (Wildman–Crippen LogP) is 1.49. The zero-order valence-electron chi connectivity index (χ0n) is 10.9. The van der Waals surface area contributed by atoms with Gasteiger partial charge in [0.1, 0.15) is 0 Å². The highest BCUT2D eigenvalue weighted by molar-refractivity contribution is 5.78. The molecule has 0 unspecified atom stereocenters. The third-order valence-corrected chi connectivity index (χ3v) is 2.33. The predicted molar refractivity (Wildman–Crippen MR) is 67.7 cm³/mol. The number of carbonyl (C=O) groups excluding carboxylic acids is 1. The highest BCUT2D eigenvalue weighted by Gasteiger charge is 2.09. The fourth-order valence-corrected chi connectivity index (χ4v) is 1.63. The number of carbonyl (C=O) groups is 1. The highest BCUT2D eigenvalue weighted by atomic mass is 19.1. The standard InChI is InChI=1S/C13H19FN2O2/c1-9(2)15-13(18)8-16(3)7-10-4-5-12(17)11(14)6-10/h4-6,9,17H,7-8H2,1-3H3,(H,15,18). The van der Waals surface area contributed by atoms with Crippen molar-refractivity contribution in [1.29, 1.82) is 0 Å². The number of phenols is 1. The molecule has 0 atom stereocenters. The molecule has 1 amide bonds. The third-order valence-electron chi connectivity index (χ3n) is 2.33. The normalized spacial score (nSPS) is 11.0. The van der Waals surface area contributed by atoms with E-state index in [9.17, 15) is 9.18 Å². The van der Waals surface area contributed by atoms with E-state index in [4.69, 9.17) is 5.11 Å². The average Bonchev–Trinajstić information content (AvgIpc) is 2.21. The van der Waals surface area contributed by atoms with Crippen LogP contribution >= 0.6 is 0 Å². The number of nitrogens with zero attached hydrogens (tertiary/aromatic N) is 1. The number of rotatable bonds is 5. The first-order valence-electron chi connectivity index (χ1n) is 5.83. The van der Waals surface area contributed by atoms with Gasteiger partial charge in [0.15, 0.2) is 11.6 Å². The van der Waals surface area contributed by atoms with Gasteiger partial charge in [0.25, 0.3) is 0 Å². The molecule has 1 rings (SSSR count). The van der Waals surface area contributed by atoms with Gasteiger partial charge in [-0.2, -0.15) is 0 Å². The highest BCUT2D eigenvalue weighted by Crippen LogP contribution is 2.16. The fraction of sp³-hybridized carbons (Fsp3) is 0.462. The second-order valence-electron chi connectivity index (χ2n) is 4.68. The van der Waals surface area contributed by atoms with Crippen molar-refractivity contribution in [1.82, 2.24) is 10.2 Å². The summed E-state index contributed by atoms with van der Waals surface area (Å²) < 4.78 is 13.1. The Kier molecular flexibility index (Phi) is 5.09. The lowest BCUT2D eigenvalue weighted by Crippen LogP contribution is -2.38. The molecule has 0 spiro atoms. The Labute approximate surface area is 106 Å². The van der Waals surface area contributed by atoms with Crippen LogP contribution in [-0.2, 0) is 11.3 Å². The van der Waals surface area contributed by atoms with Crippen molar-refractivity contribution in [2.75, 3.05) is 13.6 Å². The number of nitrogens with one attached hydrogen (secondary N) is 1. The molecular weight excluding hydrogens is 235 g/mol. The van der Waals surface area contributed by atoms with Gasteiger partial charge in [-0.15, -0.1) is 0 Å². The van der Waals surface area contributed by atoms with Gasteiger partial charge >= 0.3 is 0 Å². The molecule has 18 heavy (non-hydrogen) atoms. The van der Waals surface area contributed by atoms with Gasteiger partial charge < -0.3 is 10.4 Å². The molecule has 0 saturated heterocycles. The van der Waals surface area contributed by atoms with E-state index in [0.717, 1.165) is 0 Å². The van der Waals surface area contributed by atoms with E-state index in [-0.39, 0.29) is 24.2 Å². The largest absolute Gasteiger partial charge is 0.505 e. The molecule has 0 aliphatic carbocycles. The second kappa shape index (κ2) is 6.35. The SMILES string of the molecule is CC(C)NC(=O)CN(C)Cc1ccc(O)c(F)c1. The molecule has 0 aliphatic heterocycles. The molecule has 1 aromatic rings. The lowest BCUT2D eigenvalue weighted by molar-refractivity contribution is -0.122.